The van der Waals surface area contributed by atoms with Gasteiger partial charge >= 0.3 is 0 Å². The van der Waals surface area contributed by atoms with Crippen molar-refractivity contribution in [3.63, 3.8) is 0 Å². The molecule has 0 unspecified atom stereocenters. The molecule has 1 aromatic carbocycles. The first kappa shape index (κ1) is 19.5. The molecule has 1 atom stereocenters. The van der Waals surface area contributed by atoms with E-state index < -0.39 is 0 Å². The molecule has 1 amide bonds. The Bertz CT molecular complexity index is 730. The lowest BCUT2D eigenvalue weighted by molar-refractivity contribution is 0.0895. The Morgan fingerprint density at radius 1 is 1.22 bits per heavy atom. The summed E-state index contributed by atoms with van der Waals surface area (Å²) in [4.78, 5) is 15.0. The first-order valence-electron chi connectivity index (χ1n) is 9.88. The van der Waals surface area contributed by atoms with E-state index in [0.717, 1.165) is 36.3 Å². The molecular weight excluding hydrogens is 340 g/mol. The standard InChI is InChI=1S/C22H30N2O3/c1-4-26-19-8-6-18(7-9-19)22(25)23-15-20(21-10-5-17(3)27-21)24-13-11-16(2)12-14-24/h5-10,16,20H,4,11-15H2,1-3H3,(H,23,25)/t20-/m0/s1. The Balaban J connectivity index is 1.65. The minimum atomic E-state index is -0.0725. The van der Waals surface area contributed by atoms with Gasteiger partial charge in [0.25, 0.3) is 5.91 Å². The van der Waals surface area contributed by atoms with Crippen molar-refractivity contribution in [2.24, 2.45) is 5.92 Å². The van der Waals surface area contributed by atoms with Crippen LogP contribution in [0.25, 0.3) is 0 Å². The van der Waals surface area contributed by atoms with E-state index in [-0.39, 0.29) is 11.9 Å². The second-order valence-electron chi connectivity index (χ2n) is 7.35. The van der Waals surface area contributed by atoms with Crippen molar-refractivity contribution < 1.29 is 13.9 Å². The van der Waals surface area contributed by atoms with Crippen molar-refractivity contribution in [2.45, 2.75) is 39.7 Å². The fourth-order valence-electron chi connectivity index (χ4n) is 3.54. The Morgan fingerprint density at radius 2 is 1.93 bits per heavy atom. The molecular formula is C22H30N2O3. The summed E-state index contributed by atoms with van der Waals surface area (Å²) < 4.78 is 11.3. The molecule has 146 valence electrons. The maximum Gasteiger partial charge on any atom is 0.251 e. The van der Waals surface area contributed by atoms with Crippen molar-refractivity contribution >= 4 is 5.91 Å². The smallest absolute Gasteiger partial charge is 0.251 e. The number of aryl methyl sites for hydroxylation is 1. The predicted octanol–water partition coefficient (Wildman–Crippen LogP) is 4.19. The molecule has 1 N–H and O–H groups in total. The van der Waals surface area contributed by atoms with Crippen LogP contribution >= 0.6 is 0 Å². The van der Waals surface area contributed by atoms with Gasteiger partial charge in [0.15, 0.2) is 0 Å². The van der Waals surface area contributed by atoms with Crippen molar-refractivity contribution in [1.82, 2.24) is 10.2 Å². The molecule has 27 heavy (non-hydrogen) atoms. The molecule has 0 aliphatic carbocycles. The lowest BCUT2D eigenvalue weighted by atomic mass is 9.97. The monoisotopic (exact) mass is 370 g/mol. The second kappa shape index (κ2) is 9.09. The summed E-state index contributed by atoms with van der Waals surface area (Å²) in [5.74, 6) is 3.29. The average Bonchev–Trinajstić information content (AvgIpc) is 3.10. The molecule has 0 spiro atoms. The van der Waals surface area contributed by atoms with Crippen LogP contribution in [0.5, 0.6) is 5.75 Å². The number of piperidine rings is 1. The van der Waals surface area contributed by atoms with E-state index in [9.17, 15) is 4.79 Å². The predicted molar refractivity (Wildman–Crippen MR) is 106 cm³/mol. The summed E-state index contributed by atoms with van der Waals surface area (Å²) in [6.07, 6.45) is 2.37. The van der Waals surface area contributed by atoms with Gasteiger partial charge in [-0.25, -0.2) is 0 Å². The molecule has 1 fully saturated rings. The molecule has 2 heterocycles. The average molecular weight is 370 g/mol. The molecule has 2 aromatic rings. The van der Waals surface area contributed by atoms with Gasteiger partial charge in [-0.15, -0.1) is 0 Å². The number of carbonyl (C=O) groups is 1. The number of hydrogen-bond donors (Lipinski definition) is 1. The largest absolute Gasteiger partial charge is 0.494 e. The number of nitrogens with zero attached hydrogens (tertiary/aromatic N) is 1. The molecule has 1 aromatic heterocycles. The summed E-state index contributed by atoms with van der Waals surface area (Å²) in [5, 5.41) is 3.09. The van der Waals surface area contributed by atoms with Crippen LogP contribution < -0.4 is 10.1 Å². The van der Waals surface area contributed by atoms with Crippen molar-refractivity contribution in [1.29, 1.82) is 0 Å². The van der Waals surface area contributed by atoms with Gasteiger partial charge in [0.2, 0.25) is 0 Å². The van der Waals surface area contributed by atoms with Gasteiger partial charge in [0, 0.05) is 12.1 Å². The lowest BCUT2D eigenvalue weighted by Gasteiger charge is -2.35. The topological polar surface area (TPSA) is 54.7 Å². The Labute approximate surface area is 161 Å². The third-order valence-electron chi connectivity index (χ3n) is 5.23. The summed E-state index contributed by atoms with van der Waals surface area (Å²) in [5.41, 5.74) is 0.639. The molecule has 1 aliphatic rings. The molecule has 0 saturated carbocycles. The Morgan fingerprint density at radius 3 is 2.52 bits per heavy atom. The van der Waals surface area contributed by atoms with Crippen LogP contribution in [0.15, 0.2) is 40.8 Å². The first-order valence-corrected chi connectivity index (χ1v) is 9.88. The third-order valence-corrected chi connectivity index (χ3v) is 5.23. The fraction of sp³-hybridized carbons (Fsp3) is 0.500. The van der Waals surface area contributed by atoms with Crippen LogP contribution in [0.2, 0.25) is 0 Å². The van der Waals surface area contributed by atoms with E-state index in [0.29, 0.717) is 18.7 Å². The number of rotatable bonds is 7. The highest BCUT2D eigenvalue weighted by Crippen LogP contribution is 2.27. The normalized spacial score (nSPS) is 16.9. The number of furan rings is 1. The third kappa shape index (κ3) is 5.13. The number of hydrogen-bond acceptors (Lipinski definition) is 4. The maximum atomic E-state index is 12.6. The van der Waals surface area contributed by atoms with Gasteiger partial charge in [-0.3, -0.25) is 9.69 Å². The van der Waals surface area contributed by atoms with E-state index in [1.165, 1.54) is 12.8 Å². The molecule has 5 nitrogen and oxygen atoms in total. The summed E-state index contributed by atoms with van der Waals surface area (Å²) in [7, 11) is 0. The van der Waals surface area contributed by atoms with Gasteiger partial charge in [0.05, 0.1) is 12.6 Å². The maximum absolute atomic E-state index is 12.6. The lowest BCUT2D eigenvalue weighted by Crippen LogP contribution is -2.41. The molecule has 0 radical (unpaired) electrons. The van der Waals surface area contributed by atoms with Crippen LogP contribution in [0, 0.1) is 12.8 Å². The summed E-state index contributed by atoms with van der Waals surface area (Å²) in [6.45, 7) is 9.42. The number of nitrogens with one attached hydrogen (secondary N) is 1. The van der Waals surface area contributed by atoms with E-state index in [4.69, 9.17) is 9.15 Å². The van der Waals surface area contributed by atoms with E-state index in [1.807, 2.05) is 38.1 Å². The highest BCUT2D eigenvalue weighted by Gasteiger charge is 2.27. The van der Waals surface area contributed by atoms with Gasteiger partial charge in [-0.2, -0.15) is 0 Å². The van der Waals surface area contributed by atoms with Crippen molar-refractivity contribution in [3.05, 3.63) is 53.5 Å². The number of likely N-dealkylation sites (tertiary alicyclic amines) is 1. The number of ether oxygens (including phenoxy) is 1. The quantitative estimate of drug-likeness (QED) is 0.794. The molecule has 3 rings (SSSR count). The van der Waals surface area contributed by atoms with Crippen LogP contribution in [0.3, 0.4) is 0 Å². The van der Waals surface area contributed by atoms with Gasteiger partial charge in [-0.05, 0) is 82.1 Å². The number of benzene rings is 1. The van der Waals surface area contributed by atoms with E-state index in [1.54, 1.807) is 12.1 Å². The highest BCUT2D eigenvalue weighted by atomic mass is 16.5. The van der Waals surface area contributed by atoms with Crippen LogP contribution in [0.4, 0.5) is 0 Å². The van der Waals surface area contributed by atoms with E-state index in [2.05, 4.69) is 17.1 Å². The number of amides is 1. The minimum absolute atomic E-state index is 0.0675. The zero-order valence-corrected chi connectivity index (χ0v) is 16.5. The van der Waals surface area contributed by atoms with Gasteiger partial charge in [-0.1, -0.05) is 6.92 Å². The molecule has 1 saturated heterocycles. The van der Waals surface area contributed by atoms with Crippen molar-refractivity contribution in [3.8, 4) is 5.75 Å². The van der Waals surface area contributed by atoms with Crippen molar-refractivity contribution in [2.75, 3.05) is 26.2 Å². The summed E-state index contributed by atoms with van der Waals surface area (Å²) >= 11 is 0. The van der Waals surface area contributed by atoms with Crippen LogP contribution in [-0.4, -0.2) is 37.0 Å². The minimum Gasteiger partial charge on any atom is -0.494 e. The van der Waals surface area contributed by atoms with Gasteiger partial charge in [0.1, 0.15) is 17.3 Å². The van der Waals surface area contributed by atoms with Crippen LogP contribution in [0.1, 0.15) is 54.6 Å². The molecule has 5 heteroatoms. The molecule has 0 bridgehead atoms. The Hall–Kier alpha value is -2.27. The molecule has 1 aliphatic heterocycles. The highest BCUT2D eigenvalue weighted by molar-refractivity contribution is 5.94. The second-order valence-corrected chi connectivity index (χ2v) is 7.35. The zero-order valence-electron chi connectivity index (χ0n) is 16.5. The van der Waals surface area contributed by atoms with E-state index >= 15 is 0 Å². The Kier molecular flexibility index (Phi) is 6.56. The zero-order chi connectivity index (χ0) is 19.2. The van der Waals surface area contributed by atoms with Crippen LogP contribution in [-0.2, 0) is 0 Å². The SMILES string of the molecule is CCOc1ccc(C(=O)NC[C@@H](c2ccc(C)o2)N2CCC(C)CC2)cc1. The van der Waals surface area contributed by atoms with Gasteiger partial charge < -0.3 is 14.5 Å². The fourth-order valence-corrected chi connectivity index (χ4v) is 3.54. The first-order chi connectivity index (χ1) is 13.1. The number of carbonyl (C=O) groups excluding carboxylic acids is 1. The summed E-state index contributed by atoms with van der Waals surface area (Å²) in [6, 6.07) is 11.3.